The molecule has 7 heteroatoms. The SMILES string of the molecule is O=C(O)c1ccc(-c2ccc(C=C3OC(=S)N(Cc4ccccc4)C3=O)o2)cc1. The lowest BCUT2D eigenvalue weighted by atomic mass is 10.1. The zero-order chi connectivity index (χ0) is 20.4. The van der Waals surface area contributed by atoms with E-state index in [-0.39, 0.29) is 22.4 Å². The Hall–Kier alpha value is -3.71. The molecule has 0 aliphatic carbocycles. The highest BCUT2D eigenvalue weighted by atomic mass is 32.1. The van der Waals surface area contributed by atoms with Crippen LogP contribution in [-0.4, -0.2) is 27.1 Å². The lowest BCUT2D eigenvalue weighted by Crippen LogP contribution is -2.27. The number of carbonyl (C=O) groups excluding carboxylic acids is 1. The second-order valence-corrected chi connectivity index (χ2v) is 6.69. The number of benzene rings is 2. The molecule has 0 radical (unpaired) electrons. The van der Waals surface area contributed by atoms with Crippen molar-refractivity contribution in [2.24, 2.45) is 0 Å². The van der Waals surface area contributed by atoms with Gasteiger partial charge < -0.3 is 14.3 Å². The first kappa shape index (κ1) is 18.6. The maximum absolute atomic E-state index is 12.7. The van der Waals surface area contributed by atoms with Crippen molar-refractivity contribution in [3.63, 3.8) is 0 Å². The van der Waals surface area contributed by atoms with Crippen molar-refractivity contribution in [2.75, 3.05) is 0 Å². The molecule has 0 unspecified atom stereocenters. The summed E-state index contributed by atoms with van der Waals surface area (Å²) in [7, 11) is 0. The summed E-state index contributed by atoms with van der Waals surface area (Å²) >= 11 is 5.19. The van der Waals surface area contributed by atoms with Crippen LogP contribution >= 0.6 is 12.2 Å². The Morgan fingerprint density at radius 1 is 1.03 bits per heavy atom. The van der Waals surface area contributed by atoms with Gasteiger partial charge in [0, 0.05) is 11.6 Å². The van der Waals surface area contributed by atoms with Gasteiger partial charge in [0.05, 0.1) is 12.1 Å². The van der Waals surface area contributed by atoms with Crippen molar-refractivity contribution >= 4 is 35.3 Å². The molecule has 0 saturated carbocycles. The molecule has 29 heavy (non-hydrogen) atoms. The van der Waals surface area contributed by atoms with E-state index in [1.165, 1.54) is 23.1 Å². The fourth-order valence-electron chi connectivity index (χ4n) is 2.89. The molecule has 1 aromatic heterocycles. The summed E-state index contributed by atoms with van der Waals surface area (Å²) < 4.78 is 11.2. The number of carboxylic acids is 1. The molecular weight excluding hydrogens is 390 g/mol. The van der Waals surface area contributed by atoms with Gasteiger partial charge in [-0.3, -0.25) is 9.69 Å². The van der Waals surface area contributed by atoms with Gasteiger partial charge in [-0.05, 0) is 42.0 Å². The molecule has 6 nitrogen and oxygen atoms in total. The smallest absolute Gasteiger partial charge is 0.335 e. The second kappa shape index (κ2) is 7.73. The number of hydrogen-bond donors (Lipinski definition) is 1. The largest absolute Gasteiger partial charge is 0.478 e. The molecule has 144 valence electrons. The van der Waals surface area contributed by atoms with Crippen LogP contribution in [0.25, 0.3) is 17.4 Å². The lowest BCUT2D eigenvalue weighted by molar-refractivity contribution is -0.123. The van der Waals surface area contributed by atoms with Crippen LogP contribution in [0, 0.1) is 0 Å². The van der Waals surface area contributed by atoms with E-state index in [0.717, 1.165) is 11.1 Å². The zero-order valence-corrected chi connectivity index (χ0v) is 15.9. The fraction of sp³-hybridized carbons (Fsp3) is 0.0455. The van der Waals surface area contributed by atoms with E-state index in [9.17, 15) is 9.59 Å². The third-order valence-electron chi connectivity index (χ3n) is 4.37. The molecule has 1 saturated heterocycles. The number of hydrogen-bond acceptors (Lipinski definition) is 5. The normalized spacial score (nSPS) is 15.0. The molecule has 0 atom stereocenters. The average molecular weight is 405 g/mol. The number of aromatic carboxylic acids is 1. The molecule has 1 N–H and O–H groups in total. The predicted molar refractivity (Wildman–Crippen MR) is 110 cm³/mol. The first-order valence-electron chi connectivity index (χ1n) is 8.74. The minimum atomic E-state index is -0.991. The maximum atomic E-state index is 12.7. The Morgan fingerprint density at radius 2 is 1.76 bits per heavy atom. The number of carboxylic acid groups (broad SMARTS) is 1. The summed E-state index contributed by atoms with van der Waals surface area (Å²) in [5, 5.41) is 9.08. The third kappa shape index (κ3) is 3.95. The van der Waals surface area contributed by atoms with Crippen LogP contribution in [0.15, 0.2) is 76.9 Å². The van der Waals surface area contributed by atoms with Crippen molar-refractivity contribution in [3.05, 3.63) is 89.4 Å². The zero-order valence-electron chi connectivity index (χ0n) is 15.1. The van der Waals surface area contributed by atoms with E-state index in [4.69, 9.17) is 26.5 Å². The van der Waals surface area contributed by atoms with Crippen molar-refractivity contribution in [1.29, 1.82) is 0 Å². The van der Waals surface area contributed by atoms with Crippen LogP contribution < -0.4 is 0 Å². The summed E-state index contributed by atoms with van der Waals surface area (Å²) in [5.74, 6) is -0.261. The molecule has 4 rings (SSSR count). The first-order chi connectivity index (χ1) is 14.0. The third-order valence-corrected chi connectivity index (χ3v) is 4.68. The number of carbonyl (C=O) groups is 2. The summed E-state index contributed by atoms with van der Waals surface area (Å²) in [6, 6.07) is 19.3. The van der Waals surface area contributed by atoms with Gasteiger partial charge in [0.15, 0.2) is 5.76 Å². The monoisotopic (exact) mass is 405 g/mol. The predicted octanol–water partition coefficient (Wildman–Crippen LogP) is 4.33. The van der Waals surface area contributed by atoms with Gasteiger partial charge in [0.2, 0.25) is 0 Å². The first-order valence-corrected chi connectivity index (χ1v) is 9.15. The highest BCUT2D eigenvalue weighted by Gasteiger charge is 2.33. The molecule has 2 heterocycles. The van der Waals surface area contributed by atoms with E-state index < -0.39 is 5.97 Å². The number of nitrogens with zero attached hydrogens (tertiary/aromatic N) is 1. The van der Waals surface area contributed by atoms with Crippen molar-refractivity contribution in [2.45, 2.75) is 6.54 Å². The van der Waals surface area contributed by atoms with Crippen molar-refractivity contribution in [1.82, 2.24) is 4.90 Å². The quantitative estimate of drug-likeness (QED) is 0.503. The van der Waals surface area contributed by atoms with Crippen LogP contribution in [0.1, 0.15) is 21.7 Å². The second-order valence-electron chi connectivity index (χ2n) is 6.34. The van der Waals surface area contributed by atoms with Gasteiger partial charge >= 0.3 is 5.97 Å². The van der Waals surface area contributed by atoms with Gasteiger partial charge in [-0.1, -0.05) is 42.5 Å². The van der Waals surface area contributed by atoms with E-state index in [0.29, 0.717) is 18.1 Å². The lowest BCUT2D eigenvalue weighted by Gasteiger charge is -2.11. The van der Waals surface area contributed by atoms with E-state index in [1.807, 2.05) is 30.3 Å². The van der Waals surface area contributed by atoms with Crippen LogP contribution in [-0.2, 0) is 16.1 Å². The molecule has 1 aliphatic rings. The number of thiocarbonyl (C=S) groups is 1. The highest BCUT2D eigenvalue weighted by Crippen LogP contribution is 2.26. The van der Waals surface area contributed by atoms with Gasteiger partial charge in [-0.25, -0.2) is 4.79 Å². The molecule has 1 amide bonds. The molecule has 1 fully saturated rings. The molecule has 0 spiro atoms. The summed E-state index contributed by atoms with van der Waals surface area (Å²) in [5.41, 5.74) is 1.86. The number of amides is 1. The van der Waals surface area contributed by atoms with Gasteiger partial charge in [-0.15, -0.1) is 0 Å². The Morgan fingerprint density at radius 3 is 2.45 bits per heavy atom. The Balaban J connectivity index is 1.52. The number of rotatable bonds is 5. The molecule has 3 aromatic rings. The van der Waals surface area contributed by atoms with Crippen molar-refractivity contribution in [3.8, 4) is 11.3 Å². The Labute approximate surface area is 171 Å². The Bertz CT molecular complexity index is 1120. The van der Waals surface area contributed by atoms with Crippen LogP contribution in [0.2, 0.25) is 0 Å². The molecular formula is C22H15NO5S. The van der Waals surface area contributed by atoms with Gasteiger partial charge in [0.1, 0.15) is 11.5 Å². The van der Waals surface area contributed by atoms with Crippen LogP contribution in [0.3, 0.4) is 0 Å². The minimum absolute atomic E-state index is 0.0908. The summed E-state index contributed by atoms with van der Waals surface area (Å²) in [4.78, 5) is 25.0. The number of furan rings is 1. The molecule has 0 bridgehead atoms. The van der Waals surface area contributed by atoms with Crippen molar-refractivity contribution < 1.29 is 23.8 Å². The summed E-state index contributed by atoms with van der Waals surface area (Å²) in [6.07, 6.45) is 1.49. The fourth-order valence-corrected chi connectivity index (χ4v) is 3.13. The van der Waals surface area contributed by atoms with E-state index in [1.54, 1.807) is 24.3 Å². The van der Waals surface area contributed by atoms with Gasteiger partial charge in [0.25, 0.3) is 11.1 Å². The molecule has 2 aromatic carbocycles. The molecule has 1 aliphatic heterocycles. The van der Waals surface area contributed by atoms with Crippen LogP contribution in [0.5, 0.6) is 0 Å². The van der Waals surface area contributed by atoms with E-state index in [2.05, 4.69) is 0 Å². The number of ether oxygens (including phenoxy) is 1. The average Bonchev–Trinajstić information content (AvgIpc) is 3.29. The maximum Gasteiger partial charge on any atom is 0.335 e. The highest BCUT2D eigenvalue weighted by molar-refractivity contribution is 7.80. The van der Waals surface area contributed by atoms with E-state index >= 15 is 0 Å². The minimum Gasteiger partial charge on any atom is -0.478 e. The van der Waals surface area contributed by atoms with Crippen LogP contribution in [0.4, 0.5) is 0 Å². The van der Waals surface area contributed by atoms with Gasteiger partial charge in [-0.2, -0.15) is 0 Å². The summed E-state index contributed by atoms with van der Waals surface area (Å²) in [6.45, 7) is 0.329. The standard InChI is InChI=1S/C22H15NO5S/c24-20-19(28-22(29)23(20)13-14-4-2-1-3-5-14)12-17-10-11-18(27-17)15-6-8-16(9-7-15)21(25)26/h1-12H,13H2,(H,25,26). The Kier molecular flexibility index (Phi) is 4.97. The topological polar surface area (TPSA) is 80.0 Å².